The van der Waals surface area contributed by atoms with E-state index in [1.54, 1.807) is 19.2 Å². The second-order valence-electron chi connectivity index (χ2n) is 3.30. The summed E-state index contributed by atoms with van der Waals surface area (Å²) in [5.74, 6) is -0.377. The van der Waals surface area contributed by atoms with Crippen molar-refractivity contribution in [1.82, 2.24) is 4.90 Å². The normalized spacial score (nSPS) is 11.4. The van der Waals surface area contributed by atoms with E-state index in [4.69, 9.17) is 0 Å². The summed E-state index contributed by atoms with van der Waals surface area (Å²) in [5.41, 5.74) is 0.665. The standard InChI is InChI=1S/C10H11BrF3N/c1-15(6-9(13)14)5-7-3-2-4-8(12)10(7)11/h2-4,9H,5-6H2,1H3. The molecule has 15 heavy (non-hydrogen) atoms. The monoisotopic (exact) mass is 281 g/mol. The first-order chi connectivity index (χ1) is 7.00. The van der Waals surface area contributed by atoms with Crippen LogP contribution in [0.5, 0.6) is 0 Å². The van der Waals surface area contributed by atoms with Crippen molar-refractivity contribution in [2.45, 2.75) is 13.0 Å². The number of rotatable bonds is 4. The molecule has 0 heterocycles. The predicted molar refractivity (Wildman–Crippen MR) is 56.4 cm³/mol. The van der Waals surface area contributed by atoms with Crippen molar-refractivity contribution in [1.29, 1.82) is 0 Å². The molecule has 0 aromatic heterocycles. The van der Waals surface area contributed by atoms with E-state index in [0.717, 1.165) is 0 Å². The lowest BCUT2D eigenvalue weighted by molar-refractivity contribution is 0.0974. The number of halogens is 4. The minimum atomic E-state index is -2.37. The minimum absolute atomic E-state index is 0.294. The van der Waals surface area contributed by atoms with E-state index in [9.17, 15) is 13.2 Å². The van der Waals surface area contributed by atoms with Crippen LogP contribution in [0.1, 0.15) is 5.56 Å². The molecule has 0 unspecified atom stereocenters. The molecule has 84 valence electrons. The zero-order valence-electron chi connectivity index (χ0n) is 8.18. The summed E-state index contributed by atoms with van der Waals surface area (Å²) in [6, 6.07) is 4.58. The summed E-state index contributed by atoms with van der Waals surface area (Å²) in [6.45, 7) is -0.0222. The maximum absolute atomic E-state index is 13.1. The van der Waals surface area contributed by atoms with Crippen molar-refractivity contribution in [3.8, 4) is 0 Å². The quantitative estimate of drug-likeness (QED) is 0.819. The lowest BCUT2D eigenvalue weighted by Gasteiger charge is -2.16. The molecule has 0 radical (unpaired) electrons. The van der Waals surface area contributed by atoms with Gasteiger partial charge in [0.1, 0.15) is 5.82 Å². The summed E-state index contributed by atoms with van der Waals surface area (Å²) in [4.78, 5) is 1.45. The van der Waals surface area contributed by atoms with Gasteiger partial charge in [-0.25, -0.2) is 13.2 Å². The zero-order valence-corrected chi connectivity index (χ0v) is 9.77. The number of alkyl halides is 2. The van der Waals surface area contributed by atoms with E-state index in [-0.39, 0.29) is 12.4 Å². The molecule has 0 aliphatic rings. The molecule has 0 bridgehead atoms. The maximum Gasteiger partial charge on any atom is 0.251 e. The van der Waals surface area contributed by atoms with E-state index in [1.807, 2.05) is 0 Å². The first-order valence-corrected chi connectivity index (χ1v) is 5.19. The van der Waals surface area contributed by atoms with Crippen LogP contribution in [0.4, 0.5) is 13.2 Å². The van der Waals surface area contributed by atoms with E-state index in [0.29, 0.717) is 16.6 Å². The SMILES string of the molecule is CN(Cc1cccc(F)c1Br)CC(F)F. The first-order valence-electron chi connectivity index (χ1n) is 4.40. The van der Waals surface area contributed by atoms with Crippen molar-refractivity contribution < 1.29 is 13.2 Å². The third-order valence-electron chi connectivity index (χ3n) is 1.92. The first kappa shape index (κ1) is 12.5. The number of benzene rings is 1. The van der Waals surface area contributed by atoms with E-state index in [2.05, 4.69) is 15.9 Å². The fourth-order valence-electron chi connectivity index (χ4n) is 1.26. The highest BCUT2D eigenvalue weighted by Crippen LogP contribution is 2.21. The fourth-order valence-corrected chi connectivity index (χ4v) is 1.65. The summed E-state index contributed by atoms with van der Waals surface area (Å²) in [5, 5.41) is 0. The minimum Gasteiger partial charge on any atom is -0.296 e. The molecule has 0 aliphatic heterocycles. The third kappa shape index (κ3) is 3.83. The van der Waals surface area contributed by atoms with Crippen LogP contribution < -0.4 is 0 Å². The molecule has 0 N–H and O–H groups in total. The third-order valence-corrected chi connectivity index (χ3v) is 2.81. The Morgan fingerprint density at radius 3 is 2.67 bits per heavy atom. The van der Waals surface area contributed by atoms with Crippen LogP contribution in [0.2, 0.25) is 0 Å². The van der Waals surface area contributed by atoms with Crippen molar-refractivity contribution >= 4 is 15.9 Å². The molecular weight excluding hydrogens is 271 g/mol. The Bertz CT molecular complexity index is 330. The average molecular weight is 282 g/mol. The van der Waals surface area contributed by atoms with Gasteiger partial charge in [-0.1, -0.05) is 12.1 Å². The van der Waals surface area contributed by atoms with Gasteiger partial charge in [-0.15, -0.1) is 0 Å². The van der Waals surface area contributed by atoms with Gasteiger partial charge in [0.25, 0.3) is 6.43 Å². The van der Waals surface area contributed by atoms with Gasteiger partial charge in [0, 0.05) is 6.54 Å². The molecule has 1 rings (SSSR count). The second kappa shape index (κ2) is 5.51. The Kier molecular flexibility index (Phi) is 4.60. The van der Waals surface area contributed by atoms with Crippen molar-refractivity contribution in [3.05, 3.63) is 34.1 Å². The van der Waals surface area contributed by atoms with E-state index < -0.39 is 6.43 Å². The second-order valence-corrected chi connectivity index (χ2v) is 4.09. The topological polar surface area (TPSA) is 3.24 Å². The van der Waals surface area contributed by atoms with Gasteiger partial charge >= 0.3 is 0 Å². The van der Waals surface area contributed by atoms with Crippen molar-refractivity contribution in [2.24, 2.45) is 0 Å². The van der Waals surface area contributed by atoms with Crippen LogP contribution in [0.3, 0.4) is 0 Å². The predicted octanol–water partition coefficient (Wildman–Crippen LogP) is 3.29. The van der Waals surface area contributed by atoms with Crippen LogP contribution in [0.25, 0.3) is 0 Å². The number of hydrogen-bond donors (Lipinski definition) is 0. The van der Waals surface area contributed by atoms with Crippen LogP contribution in [-0.4, -0.2) is 24.9 Å². The summed E-state index contributed by atoms with van der Waals surface area (Å²) >= 11 is 3.09. The van der Waals surface area contributed by atoms with Crippen LogP contribution in [0.15, 0.2) is 22.7 Å². The molecule has 5 heteroatoms. The fraction of sp³-hybridized carbons (Fsp3) is 0.400. The Hall–Kier alpha value is -0.550. The van der Waals surface area contributed by atoms with Gasteiger partial charge in [-0.3, -0.25) is 4.90 Å². The van der Waals surface area contributed by atoms with Crippen molar-refractivity contribution in [2.75, 3.05) is 13.6 Å². The van der Waals surface area contributed by atoms with Crippen LogP contribution >= 0.6 is 15.9 Å². The lowest BCUT2D eigenvalue weighted by atomic mass is 10.2. The van der Waals surface area contributed by atoms with Gasteiger partial charge in [0.15, 0.2) is 0 Å². The van der Waals surface area contributed by atoms with Gasteiger partial charge in [-0.05, 0) is 34.6 Å². The highest BCUT2D eigenvalue weighted by Gasteiger charge is 2.11. The lowest BCUT2D eigenvalue weighted by Crippen LogP contribution is -2.24. The summed E-state index contributed by atoms with van der Waals surface area (Å²) in [6.07, 6.45) is -2.37. The van der Waals surface area contributed by atoms with E-state index >= 15 is 0 Å². The van der Waals surface area contributed by atoms with Gasteiger partial charge in [0.05, 0.1) is 11.0 Å². The number of hydrogen-bond acceptors (Lipinski definition) is 1. The molecule has 1 nitrogen and oxygen atoms in total. The maximum atomic E-state index is 13.1. The van der Waals surface area contributed by atoms with Crippen LogP contribution in [-0.2, 0) is 6.54 Å². The molecule has 0 saturated heterocycles. The Morgan fingerprint density at radius 2 is 2.07 bits per heavy atom. The summed E-state index contributed by atoms with van der Waals surface area (Å²) < 4.78 is 37.5. The molecule has 0 fully saturated rings. The highest BCUT2D eigenvalue weighted by molar-refractivity contribution is 9.10. The molecule has 0 saturated carbocycles. The Balaban J connectivity index is 2.68. The van der Waals surface area contributed by atoms with Crippen molar-refractivity contribution in [3.63, 3.8) is 0 Å². The molecule has 0 amide bonds. The van der Waals surface area contributed by atoms with Crippen LogP contribution in [0, 0.1) is 5.82 Å². The molecule has 0 spiro atoms. The van der Waals surface area contributed by atoms with E-state index in [1.165, 1.54) is 11.0 Å². The molecule has 1 aromatic rings. The average Bonchev–Trinajstić information content (AvgIpc) is 2.11. The molecule has 1 aromatic carbocycles. The molecule has 0 aliphatic carbocycles. The van der Waals surface area contributed by atoms with Gasteiger partial charge < -0.3 is 0 Å². The smallest absolute Gasteiger partial charge is 0.251 e. The Morgan fingerprint density at radius 1 is 1.40 bits per heavy atom. The summed E-state index contributed by atoms with van der Waals surface area (Å²) in [7, 11) is 1.57. The molecule has 0 atom stereocenters. The zero-order chi connectivity index (χ0) is 11.4. The Labute approximate surface area is 95.0 Å². The van der Waals surface area contributed by atoms with Gasteiger partial charge in [0.2, 0.25) is 0 Å². The largest absolute Gasteiger partial charge is 0.296 e. The highest BCUT2D eigenvalue weighted by atomic mass is 79.9. The number of nitrogens with zero attached hydrogens (tertiary/aromatic N) is 1. The van der Waals surface area contributed by atoms with Gasteiger partial charge in [-0.2, -0.15) is 0 Å². The molecular formula is C10H11BrF3N.